The van der Waals surface area contributed by atoms with E-state index in [1.165, 1.54) is 0 Å². The summed E-state index contributed by atoms with van der Waals surface area (Å²) in [7, 11) is 0. The molecular formula is C12H21N5O2. The molecule has 1 saturated heterocycles. The van der Waals surface area contributed by atoms with Crippen molar-refractivity contribution >= 4 is 11.6 Å². The van der Waals surface area contributed by atoms with Gasteiger partial charge in [-0.05, 0) is 13.8 Å². The lowest BCUT2D eigenvalue weighted by Gasteiger charge is -2.42. The molecule has 0 saturated carbocycles. The molecule has 0 aliphatic carbocycles. The van der Waals surface area contributed by atoms with Crippen LogP contribution in [0.15, 0.2) is 12.4 Å². The van der Waals surface area contributed by atoms with Crippen LogP contribution in [0.4, 0.5) is 5.69 Å². The van der Waals surface area contributed by atoms with Crippen LogP contribution in [-0.4, -0.2) is 57.0 Å². The molecule has 4 N–H and O–H groups in total. The standard InChI is InChI=1S/C12H21N5O2/c1-12(2)11(19)14-3-4-16(12)7-10(18)8-17-6-9(13)5-15-17/h5-6,10,18H,3-4,7-8,13H2,1-2H3,(H,14,19). The predicted molar refractivity (Wildman–Crippen MR) is 71.3 cm³/mol. The Balaban J connectivity index is 1.94. The van der Waals surface area contributed by atoms with Gasteiger partial charge in [-0.25, -0.2) is 0 Å². The molecule has 0 spiro atoms. The normalized spacial score (nSPS) is 21.1. The van der Waals surface area contributed by atoms with Gasteiger partial charge in [-0.1, -0.05) is 0 Å². The van der Waals surface area contributed by atoms with Gasteiger partial charge in [0.05, 0.1) is 30.1 Å². The van der Waals surface area contributed by atoms with E-state index >= 15 is 0 Å². The Morgan fingerprint density at radius 1 is 1.58 bits per heavy atom. The Hall–Kier alpha value is -1.60. The molecular weight excluding hydrogens is 246 g/mol. The fraction of sp³-hybridized carbons (Fsp3) is 0.667. The summed E-state index contributed by atoms with van der Waals surface area (Å²) in [5.41, 5.74) is 5.55. The molecule has 2 heterocycles. The SMILES string of the molecule is CC1(C)C(=O)NCCN1CC(O)Cn1cc(N)cn1. The van der Waals surface area contributed by atoms with Gasteiger partial charge in [-0.2, -0.15) is 5.10 Å². The van der Waals surface area contributed by atoms with Gasteiger partial charge in [0, 0.05) is 25.8 Å². The number of aromatic nitrogens is 2. The Morgan fingerprint density at radius 2 is 2.32 bits per heavy atom. The Labute approximate surface area is 112 Å². The van der Waals surface area contributed by atoms with Crippen LogP contribution in [0.3, 0.4) is 0 Å². The van der Waals surface area contributed by atoms with E-state index in [2.05, 4.69) is 10.4 Å². The molecule has 19 heavy (non-hydrogen) atoms. The molecule has 1 atom stereocenters. The van der Waals surface area contributed by atoms with Crippen LogP contribution < -0.4 is 11.1 Å². The molecule has 1 aromatic rings. The number of nitrogen functional groups attached to an aromatic ring is 1. The van der Waals surface area contributed by atoms with Gasteiger partial charge < -0.3 is 16.2 Å². The highest BCUT2D eigenvalue weighted by molar-refractivity contribution is 5.86. The van der Waals surface area contributed by atoms with Gasteiger partial charge in [0.15, 0.2) is 0 Å². The summed E-state index contributed by atoms with van der Waals surface area (Å²) >= 11 is 0. The number of hydrogen-bond donors (Lipinski definition) is 3. The number of aliphatic hydroxyl groups excluding tert-OH is 1. The van der Waals surface area contributed by atoms with Crippen LogP contribution in [0, 0.1) is 0 Å². The van der Waals surface area contributed by atoms with Gasteiger partial charge in [-0.15, -0.1) is 0 Å². The van der Waals surface area contributed by atoms with E-state index in [4.69, 9.17) is 5.73 Å². The number of piperazine rings is 1. The molecule has 7 heteroatoms. The number of carbonyl (C=O) groups excluding carboxylic acids is 1. The molecule has 106 valence electrons. The van der Waals surface area contributed by atoms with Gasteiger partial charge in [0.2, 0.25) is 5.91 Å². The van der Waals surface area contributed by atoms with E-state index in [1.807, 2.05) is 18.7 Å². The quantitative estimate of drug-likeness (QED) is 0.653. The van der Waals surface area contributed by atoms with Crippen LogP contribution in [0.25, 0.3) is 0 Å². The van der Waals surface area contributed by atoms with Crippen LogP contribution >= 0.6 is 0 Å². The highest BCUT2D eigenvalue weighted by Crippen LogP contribution is 2.18. The number of aliphatic hydroxyl groups is 1. The van der Waals surface area contributed by atoms with Crippen molar-refractivity contribution in [1.82, 2.24) is 20.0 Å². The molecule has 0 aromatic carbocycles. The third-order valence-electron chi connectivity index (χ3n) is 3.50. The number of nitrogens with zero attached hydrogens (tertiary/aromatic N) is 3. The second-order valence-electron chi connectivity index (χ2n) is 5.41. The number of amides is 1. The van der Waals surface area contributed by atoms with E-state index in [-0.39, 0.29) is 5.91 Å². The first-order valence-corrected chi connectivity index (χ1v) is 6.39. The van der Waals surface area contributed by atoms with Crippen LogP contribution in [0.5, 0.6) is 0 Å². The molecule has 1 amide bonds. The van der Waals surface area contributed by atoms with Crippen molar-refractivity contribution in [3.63, 3.8) is 0 Å². The monoisotopic (exact) mass is 267 g/mol. The molecule has 2 rings (SSSR count). The molecule has 1 aromatic heterocycles. The number of anilines is 1. The molecule has 1 fully saturated rings. The molecule has 1 aliphatic heterocycles. The first-order chi connectivity index (χ1) is 8.89. The average Bonchev–Trinajstić information content (AvgIpc) is 2.71. The minimum Gasteiger partial charge on any atom is -0.396 e. The van der Waals surface area contributed by atoms with Crippen molar-refractivity contribution in [3.05, 3.63) is 12.4 Å². The Bertz CT molecular complexity index is 457. The number of hydrogen-bond acceptors (Lipinski definition) is 5. The van der Waals surface area contributed by atoms with E-state index in [0.29, 0.717) is 25.3 Å². The smallest absolute Gasteiger partial charge is 0.240 e. The molecule has 1 aliphatic rings. The van der Waals surface area contributed by atoms with Crippen molar-refractivity contribution in [2.24, 2.45) is 0 Å². The van der Waals surface area contributed by atoms with Crippen molar-refractivity contribution in [2.45, 2.75) is 32.0 Å². The van der Waals surface area contributed by atoms with E-state index in [0.717, 1.165) is 6.54 Å². The molecule has 7 nitrogen and oxygen atoms in total. The minimum absolute atomic E-state index is 0.00529. The maximum Gasteiger partial charge on any atom is 0.240 e. The van der Waals surface area contributed by atoms with E-state index in [9.17, 15) is 9.90 Å². The molecule has 0 radical (unpaired) electrons. The zero-order chi connectivity index (χ0) is 14.0. The van der Waals surface area contributed by atoms with Crippen molar-refractivity contribution in [2.75, 3.05) is 25.4 Å². The third kappa shape index (κ3) is 3.05. The lowest BCUT2D eigenvalue weighted by atomic mass is 9.98. The largest absolute Gasteiger partial charge is 0.396 e. The summed E-state index contributed by atoms with van der Waals surface area (Å²) in [6.45, 7) is 5.87. The minimum atomic E-state index is -0.595. The summed E-state index contributed by atoms with van der Waals surface area (Å²) in [6.07, 6.45) is 2.63. The van der Waals surface area contributed by atoms with Gasteiger partial charge in [-0.3, -0.25) is 14.4 Å². The Kier molecular flexibility index (Phi) is 3.77. The average molecular weight is 267 g/mol. The van der Waals surface area contributed by atoms with Gasteiger partial charge >= 0.3 is 0 Å². The number of carbonyl (C=O) groups is 1. The lowest BCUT2D eigenvalue weighted by Crippen LogP contribution is -2.63. The molecule has 1 unspecified atom stereocenters. The summed E-state index contributed by atoms with van der Waals surface area (Å²) in [5.74, 6) is -0.00529. The maximum atomic E-state index is 11.8. The predicted octanol–water partition coefficient (Wildman–Crippen LogP) is -0.963. The number of nitrogens with two attached hydrogens (primary N) is 1. The summed E-state index contributed by atoms with van der Waals surface area (Å²) in [4.78, 5) is 13.8. The first kappa shape index (κ1) is 13.8. The number of nitrogens with one attached hydrogen (secondary N) is 1. The highest BCUT2D eigenvalue weighted by Gasteiger charge is 2.38. The second-order valence-corrected chi connectivity index (χ2v) is 5.41. The highest BCUT2D eigenvalue weighted by atomic mass is 16.3. The zero-order valence-corrected chi connectivity index (χ0v) is 11.3. The van der Waals surface area contributed by atoms with Gasteiger partial charge in [0.1, 0.15) is 0 Å². The second kappa shape index (κ2) is 5.18. The Morgan fingerprint density at radius 3 is 2.95 bits per heavy atom. The fourth-order valence-corrected chi connectivity index (χ4v) is 2.27. The van der Waals surface area contributed by atoms with Crippen molar-refractivity contribution < 1.29 is 9.90 Å². The van der Waals surface area contributed by atoms with Crippen LogP contribution in [0.2, 0.25) is 0 Å². The third-order valence-corrected chi connectivity index (χ3v) is 3.50. The van der Waals surface area contributed by atoms with Crippen LogP contribution in [0.1, 0.15) is 13.8 Å². The zero-order valence-electron chi connectivity index (χ0n) is 11.3. The number of β-amino-alcohol motifs (C(OH)–C–C–N with tert-alkyl or cyclic N) is 1. The van der Waals surface area contributed by atoms with Gasteiger partial charge in [0.25, 0.3) is 0 Å². The topological polar surface area (TPSA) is 96.4 Å². The lowest BCUT2D eigenvalue weighted by molar-refractivity contribution is -0.136. The summed E-state index contributed by atoms with van der Waals surface area (Å²) < 4.78 is 1.61. The molecule has 0 bridgehead atoms. The summed E-state index contributed by atoms with van der Waals surface area (Å²) in [6, 6.07) is 0. The number of rotatable bonds is 4. The fourth-order valence-electron chi connectivity index (χ4n) is 2.27. The van der Waals surface area contributed by atoms with E-state index in [1.54, 1.807) is 17.1 Å². The first-order valence-electron chi connectivity index (χ1n) is 6.39. The van der Waals surface area contributed by atoms with Crippen molar-refractivity contribution in [3.8, 4) is 0 Å². The summed E-state index contributed by atoms with van der Waals surface area (Å²) in [5, 5.41) is 17.0. The van der Waals surface area contributed by atoms with Crippen molar-refractivity contribution in [1.29, 1.82) is 0 Å². The van der Waals surface area contributed by atoms with E-state index < -0.39 is 11.6 Å². The van der Waals surface area contributed by atoms with Crippen LogP contribution in [-0.2, 0) is 11.3 Å². The maximum absolute atomic E-state index is 11.8.